The lowest BCUT2D eigenvalue weighted by molar-refractivity contribution is -0.110. The Morgan fingerprint density at radius 1 is 0.919 bits per heavy atom. The largest absolute Gasteiger partial charge is 0.478 e. The van der Waals surface area contributed by atoms with Crippen molar-refractivity contribution in [3.8, 4) is 0 Å². The lowest BCUT2D eigenvalue weighted by Crippen LogP contribution is -2.35. The second-order valence-electron chi connectivity index (χ2n) is 8.73. The van der Waals surface area contributed by atoms with Crippen LogP contribution < -0.4 is 10.6 Å². The number of nitrogens with zero attached hydrogens (tertiary/aromatic N) is 2. The highest BCUT2D eigenvalue weighted by Crippen LogP contribution is 2.38. The van der Waals surface area contributed by atoms with Crippen molar-refractivity contribution in [2.75, 3.05) is 44.9 Å². The fourth-order valence-electron chi connectivity index (χ4n) is 3.99. The van der Waals surface area contributed by atoms with Crippen molar-refractivity contribution in [2.45, 2.75) is 0 Å². The number of hydroxylamine groups is 2. The van der Waals surface area contributed by atoms with E-state index in [1.807, 2.05) is 49.3 Å². The highest BCUT2D eigenvalue weighted by molar-refractivity contribution is 6.37. The van der Waals surface area contributed by atoms with Crippen LogP contribution in [0.3, 0.4) is 0 Å². The number of aromatic carboxylic acids is 1. The SMILES string of the molecule is CON(CCN(C)C)C(=O)c1ccc(N/C(=C2/C(=O)Nc3cc(C(=O)O)ccc32)c2ccccc2)cc1. The number of anilines is 2. The highest BCUT2D eigenvalue weighted by atomic mass is 16.7. The first-order valence-corrected chi connectivity index (χ1v) is 11.6. The summed E-state index contributed by atoms with van der Waals surface area (Å²) >= 11 is 0. The van der Waals surface area contributed by atoms with Gasteiger partial charge in [0, 0.05) is 23.4 Å². The molecule has 0 radical (unpaired) electrons. The minimum atomic E-state index is -1.07. The minimum Gasteiger partial charge on any atom is -0.478 e. The molecule has 0 bridgehead atoms. The van der Waals surface area contributed by atoms with Crippen molar-refractivity contribution < 1.29 is 24.3 Å². The monoisotopic (exact) mass is 500 g/mol. The van der Waals surface area contributed by atoms with E-state index in [1.165, 1.54) is 24.3 Å². The molecule has 3 aromatic carbocycles. The number of amides is 2. The van der Waals surface area contributed by atoms with Crippen molar-refractivity contribution in [3.05, 3.63) is 95.1 Å². The van der Waals surface area contributed by atoms with Gasteiger partial charge in [-0.2, -0.15) is 0 Å². The van der Waals surface area contributed by atoms with Crippen molar-refractivity contribution in [1.29, 1.82) is 0 Å². The molecule has 0 aliphatic carbocycles. The number of carbonyl (C=O) groups excluding carboxylic acids is 2. The zero-order valence-corrected chi connectivity index (χ0v) is 20.8. The predicted octanol–water partition coefficient (Wildman–Crippen LogP) is 3.88. The Hall–Kier alpha value is -4.47. The molecule has 0 atom stereocenters. The maximum atomic E-state index is 13.1. The zero-order valence-electron chi connectivity index (χ0n) is 20.8. The summed E-state index contributed by atoms with van der Waals surface area (Å²) in [5.74, 6) is -1.66. The summed E-state index contributed by atoms with van der Waals surface area (Å²) in [4.78, 5) is 44.5. The quantitative estimate of drug-likeness (QED) is 0.302. The van der Waals surface area contributed by atoms with Gasteiger partial charge in [-0.15, -0.1) is 0 Å². The number of rotatable bonds is 9. The molecule has 0 spiro atoms. The predicted molar refractivity (Wildman–Crippen MR) is 142 cm³/mol. The van der Waals surface area contributed by atoms with E-state index in [-0.39, 0.29) is 17.4 Å². The number of fused-ring (bicyclic) bond motifs is 1. The molecule has 3 aromatic rings. The van der Waals surface area contributed by atoms with Crippen LogP contribution in [0.1, 0.15) is 31.8 Å². The average molecular weight is 501 g/mol. The van der Waals surface area contributed by atoms with Gasteiger partial charge in [-0.05, 0) is 56.1 Å². The molecule has 37 heavy (non-hydrogen) atoms. The number of likely N-dealkylation sites (N-methyl/N-ethyl adjacent to an activating group) is 1. The van der Waals surface area contributed by atoms with Gasteiger partial charge in [-0.1, -0.05) is 36.4 Å². The van der Waals surface area contributed by atoms with Gasteiger partial charge in [0.15, 0.2) is 0 Å². The first-order chi connectivity index (χ1) is 17.8. The number of hydrogen-bond donors (Lipinski definition) is 3. The van der Waals surface area contributed by atoms with Crippen LogP contribution in [0.4, 0.5) is 11.4 Å². The third kappa shape index (κ3) is 5.69. The van der Waals surface area contributed by atoms with Crippen LogP contribution >= 0.6 is 0 Å². The van der Waals surface area contributed by atoms with Crippen molar-refractivity contribution in [2.24, 2.45) is 0 Å². The molecular formula is C28H28N4O5. The van der Waals surface area contributed by atoms with Gasteiger partial charge in [-0.25, -0.2) is 9.86 Å². The second-order valence-corrected chi connectivity index (χ2v) is 8.73. The Bertz CT molecular complexity index is 1350. The molecule has 0 unspecified atom stereocenters. The molecule has 3 N–H and O–H groups in total. The van der Waals surface area contributed by atoms with Crippen molar-refractivity contribution in [3.63, 3.8) is 0 Å². The molecular weight excluding hydrogens is 472 g/mol. The first kappa shape index (κ1) is 25.6. The number of carboxylic acids is 1. The van der Waals surface area contributed by atoms with Crippen LogP contribution in [-0.2, 0) is 9.63 Å². The summed E-state index contributed by atoms with van der Waals surface area (Å²) < 4.78 is 0. The maximum Gasteiger partial charge on any atom is 0.335 e. The zero-order chi connectivity index (χ0) is 26.5. The number of carbonyl (C=O) groups is 3. The van der Waals surface area contributed by atoms with Gasteiger partial charge in [0.25, 0.3) is 11.8 Å². The van der Waals surface area contributed by atoms with E-state index in [0.717, 1.165) is 5.56 Å². The van der Waals surface area contributed by atoms with Gasteiger partial charge in [0.2, 0.25) is 0 Å². The van der Waals surface area contributed by atoms with Crippen molar-refractivity contribution in [1.82, 2.24) is 9.96 Å². The van der Waals surface area contributed by atoms with Crippen LogP contribution in [0.25, 0.3) is 11.3 Å². The molecule has 190 valence electrons. The van der Waals surface area contributed by atoms with Crippen LogP contribution in [0.15, 0.2) is 72.8 Å². The van der Waals surface area contributed by atoms with Gasteiger partial charge >= 0.3 is 5.97 Å². The molecule has 9 nitrogen and oxygen atoms in total. The summed E-state index contributed by atoms with van der Waals surface area (Å²) in [6, 6.07) is 20.8. The van der Waals surface area contributed by atoms with Gasteiger partial charge in [0.1, 0.15) is 0 Å². The van der Waals surface area contributed by atoms with Gasteiger partial charge in [-0.3, -0.25) is 14.4 Å². The van der Waals surface area contributed by atoms with E-state index in [4.69, 9.17) is 4.84 Å². The van der Waals surface area contributed by atoms with Crippen molar-refractivity contribution >= 4 is 40.4 Å². The Kier molecular flexibility index (Phi) is 7.66. The topological polar surface area (TPSA) is 111 Å². The molecule has 0 saturated carbocycles. The molecule has 4 rings (SSSR count). The van der Waals surface area contributed by atoms with E-state index in [9.17, 15) is 19.5 Å². The van der Waals surface area contributed by atoms with Gasteiger partial charge < -0.3 is 20.6 Å². The normalized spacial score (nSPS) is 13.7. The third-order valence-electron chi connectivity index (χ3n) is 5.92. The fraction of sp³-hybridized carbons (Fsp3) is 0.179. The Morgan fingerprint density at radius 2 is 1.59 bits per heavy atom. The summed E-state index contributed by atoms with van der Waals surface area (Å²) in [6.45, 7) is 1.08. The third-order valence-corrected chi connectivity index (χ3v) is 5.92. The van der Waals surface area contributed by atoms with Crippen LogP contribution in [0, 0.1) is 0 Å². The minimum absolute atomic E-state index is 0.0884. The van der Waals surface area contributed by atoms with E-state index in [0.29, 0.717) is 46.9 Å². The fourth-order valence-corrected chi connectivity index (χ4v) is 3.99. The lowest BCUT2D eigenvalue weighted by atomic mass is 9.99. The summed E-state index contributed by atoms with van der Waals surface area (Å²) in [6.07, 6.45) is 0. The Labute approximate surface area is 214 Å². The number of carboxylic acid groups (broad SMARTS) is 1. The summed E-state index contributed by atoms with van der Waals surface area (Å²) in [5.41, 5.74) is 3.99. The van der Waals surface area contributed by atoms with Crippen LogP contribution in [0.2, 0.25) is 0 Å². The van der Waals surface area contributed by atoms with E-state index < -0.39 is 5.97 Å². The lowest BCUT2D eigenvalue weighted by Gasteiger charge is -2.22. The van der Waals surface area contributed by atoms with Gasteiger partial charge in [0.05, 0.1) is 36.2 Å². The summed E-state index contributed by atoms with van der Waals surface area (Å²) in [7, 11) is 5.31. The van der Waals surface area contributed by atoms with E-state index in [1.54, 1.807) is 30.3 Å². The number of nitrogens with one attached hydrogen (secondary N) is 2. The number of hydrogen-bond acceptors (Lipinski definition) is 6. The standard InChI is InChI=1S/C28H28N4O5/c1-31(2)15-16-32(37-3)27(34)19-9-12-21(13-10-19)29-25(18-7-5-4-6-8-18)24-22-14-11-20(28(35)36)17-23(22)30-26(24)33/h4-14,17,29H,15-16H2,1-3H3,(H,30,33)(H,35,36)/b25-24+. The maximum absolute atomic E-state index is 13.1. The smallest absolute Gasteiger partial charge is 0.335 e. The van der Waals surface area contributed by atoms with Crippen LogP contribution in [-0.4, -0.2) is 67.1 Å². The molecule has 0 aromatic heterocycles. The Morgan fingerprint density at radius 3 is 2.22 bits per heavy atom. The molecule has 1 aliphatic rings. The summed E-state index contributed by atoms with van der Waals surface area (Å²) in [5, 5.41) is 16.7. The van der Waals surface area contributed by atoms with E-state index >= 15 is 0 Å². The molecule has 2 amide bonds. The average Bonchev–Trinajstić information content (AvgIpc) is 3.22. The number of benzene rings is 3. The Balaban J connectivity index is 1.67. The van der Waals surface area contributed by atoms with E-state index in [2.05, 4.69) is 10.6 Å². The molecule has 9 heteroatoms. The molecule has 1 heterocycles. The van der Waals surface area contributed by atoms with Crippen LogP contribution in [0.5, 0.6) is 0 Å². The molecule has 1 aliphatic heterocycles. The molecule has 0 fully saturated rings. The molecule has 0 saturated heterocycles. The first-order valence-electron chi connectivity index (χ1n) is 11.6. The second kappa shape index (κ2) is 11.1. The highest BCUT2D eigenvalue weighted by Gasteiger charge is 2.29.